The molecule has 0 aromatic rings. The number of rotatable bonds is 1. The van der Waals surface area contributed by atoms with E-state index in [-0.39, 0.29) is 0 Å². The van der Waals surface area contributed by atoms with E-state index in [0.29, 0.717) is 0 Å². The Labute approximate surface area is 81.9 Å². The van der Waals surface area contributed by atoms with E-state index in [9.17, 15) is 0 Å². The van der Waals surface area contributed by atoms with Gasteiger partial charge in [0.2, 0.25) is 0 Å². The fraction of sp³-hybridized carbons (Fsp3) is 1.00. The molecule has 0 aliphatic carbocycles. The molecule has 2 aliphatic rings. The predicted octanol–water partition coefficient (Wildman–Crippen LogP) is 1.42. The standard InChI is InChI=1S/C11H22N2/c1-9(2)13-7-5-10-4-6-12(3)11(10)8-13/h9-11H,4-8H2,1-3H3. The molecule has 0 amide bonds. The molecule has 2 unspecified atom stereocenters. The van der Waals surface area contributed by atoms with Gasteiger partial charge in [0.1, 0.15) is 0 Å². The summed E-state index contributed by atoms with van der Waals surface area (Å²) in [6.45, 7) is 8.58. The molecule has 0 aromatic heterocycles. The quantitative estimate of drug-likeness (QED) is 0.605. The van der Waals surface area contributed by atoms with Gasteiger partial charge in [-0.2, -0.15) is 0 Å². The van der Waals surface area contributed by atoms with E-state index in [0.717, 1.165) is 18.0 Å². The normalized spacial score (nSPS) is 36.9. The predicted molar refractivity (Wildman–Crippen MR) is 55.9 cm³/mol. The van der Waals surface area contributed by atoms with Crippen molar-refractivity contribution in [3.63, 3.8) is 0 Å². The molecule has 2 heteroatoms. The third kappa shape index (κ3) is 1.75. The van der Waals surface area contributed by atoms with Gasteiger partial charge in [0.05, 0.1) is 0 Å². The molecule has 13 heavy (non-hydrogen) atoms. The van der Waals surface area contributed by atoms with E-state index >= 15 is 0 Å². The summed E-state index contributed by atoms with van der Waals surface area (Å²) < 4.78 is 0. The molecule has 0 radical (unpaired) electrons. The topological polar surface area (TPSA) is 6.48 Å². The first-order valence-electron chi connectivity index (χ1n) is 5.63. The average molecular weight is 182 g/mol. The lowest BCUT2D eigenvalue weighted by atomic mass is 9.91. The highest BCUT2D eigenvalue weighted by Crippen LogP contribution is 2.30. The highest BCUT2D eigenvalue weighted by atomic mass is 15.2. The minimum atomic E-state index is 0.731. The fourth-order valence-corrected chi connectivity index (χ4v) is 2.84. The van der Waals surface area contributed by atoms with Crippen LogP contribution in [0.2, 0.25) is 0 Å². The lowest BCUT2D eigenvalue weighted by Gasteiger charge is -2.39. The summed E-state index contributed by atoms with van der Waals surface area (Å²) in [7, 11) is 2.29. The van der Waals surface area contributed by atoms with Crippen molar-refractivity contribution in [3.05, 3.63) is 0 Å². The van der Waals surface area contributed by atoms with Crippen LogP contribution in [0.3, 0.4) is 0 Å². The van der Waals surface area contributed by atoms with E-state index in [2.05, 4.69) is 30.7 Å². The highest BCUT2D eigenvalue weighted by molar-refractivity contribution is 4.92. The molecule has 2 rings (SSSR count). The van der Waals surface area contributed by atoms with Crippen molar-refractivity contribution >= 4 is 0 Å². The van der Waals surface area contributed by atoms with Crippen LogP contribution < -0.4 is 0 Å². The van der Waals surface area contributed by atoms with Crippen LogP contribution in [-0.2, 0) is 0 Å². The third-order valence-corrected chi connectivity index (χ3v) is 3.90. The van der Waals surface area contributed by atoms with Crippen molar-refractivity contribution < 1.29 is 0 Å². The summed E-state index contributed by atoms with van der Waals surface area (Å²) in [6, 6.07) is 1.59. The summed E-state index contributed by atoms with van der Waals surface area (Å²) in [5, 5.41) is 0. The second-order valence-corrected chi connectivity index (χ2v) is 4.97. The molecule has 2 fully saturated rings. The van der Waals surface area contributed by atoms with Crippen LogP contribution in [0.1, 0.15) is 26.7 Å². The van der Waals surface area contributed by atoms with Gasteiger partial charge in [0, 0.05) is 18.6 Å². The summed E-state index contributed by atoms with van der Waals surface area (Å²) in [5.74, 6) is 1.000. The SMILES string of the molecule is CC(C)N1CCC2CCN(C)C2C1. The molecule has 0 saturated carbocycles. The zero-order valence-corrected chi connectivity index (χ0v) is 9.16. The molecule has 2 heterocycles. The van der Waals surface area contributed by atoms with Crippen molar-refractivity contribution in [2.24, 2.45) is 5.92 Å². The molecule has 0 aromatic carbocycles. The molecule has 76 valence electrons. The second-order valence-electron chi connectivity index (χ2n) is 4.97. The first-order chi connectivity index (χ1) is 6.18. The first-order valence-corrected chi connectivity index (χ1v) is 5.63. The number of fused-ring (bicyclic) bond motifs is 1. The van der Waals surface area contributed by atoms with Crippen molar-refractivity contribution in [2.45, 2.75) is 38.8 Å². The maximum atomic E-state index is 2.63. The van der Waals surface area contributed by atoms with Gasteiger partial charge in [-0.1, -0.05) is 0 Å². The van der Waals surface area contributed by atoms with Crippen LogP contribution in [0.25, 0.3) is 0 Å². The fourth-order valence-electron chi connectivity index (χ4n) is 2.84. The van der Waals surface area contributed by atoms with Crippen molar-refractivity contribution in [1.29, 1.82) is 0 Å². The monoisotopic (exact) mass is 182 g/mol. The van der Waals surface area contributed by atoms with E-state index in [1.54, 1.807) is 0 Å². The maximum absolute atomic E-state index is 2.63. The third-order valence-electron chi connectivity index (χ3n) is 3.90. The highest BCUT2D eigenvalue weighted by Gasteiger charge is 2.36. The van der Waals surface area contributed by atoms with Gasteiger partial charge in [-0.05, 0) is 52.7 Å². The van der Waals surface area contributed by atoms with Crippen LogP contribution in [0.5, 0.6) is 0 Å². The number of likely N-dealkylation sites (tertiary alicyclic amines) is 2. The van der Waals surface area contributed by atoms with E-state index in [1.807, 2.05) is 0 Å². The summed E-state index contributed by atoms with van der Waals surface area (Å²) in [6.07, 6.45) is 2.86. The van der Waals surface area contributed by atoms with E-state index in [4.69, 9.17) is 0 Å². The van der Waals surface area contributed by atoms with Gasteiger partial charge >= 0.3 is 0 Å². The Morgan fingerprint density at radius 3 is 2.54 bits per heavy atom. The summed E-state index contributed by atoms with van der Waals surface area (Å²) in [5.41, 5.74) is 0. The Morgan fingerprint density at radius 2 is 1.85 bits per heavy atom. The molecular formula is C11H22N2. The lowest BCUT2D eigenvalue weighted by Crippen LogP contribution is -2.49. The minimum absolute atomic E-state index is 0.731. The Morgan fingerprint density at radius 1 is 1.15 bits per heavy atom. The maximum Gasteiger partial charge on any atom is 0.0249 e. The summed E-state index contributed by atoms with van der Waals surface area (Å²) in [4.78, 5) is 5.18. The zero-order valence-electron chi connectivity index (χ0n) is 9.16. The van der Waals surface area contributed by atoms with E-state index < -0.39 is 0 Å². The Balaban J connectivity index is 1.97. The van der Waals surface area contributed by atoms with Crippen molar-refractivity contribution in [1.82, 2.24) is 9.80 Å². The van der Waals surface area contributed by atoms with Crippen LogP contribution in [0.15, 0.2) is 0 Å². The van der Waals surface area contributed by atoms with Gasteiger partial charge in [-0.15, -0.1) is 0 Å². The molecular weight excluding hydrogens is 160 g/mol. The molecule has 2 nitrogen and oxygen atoms in total. The Bertz CT molecular complexity index is 179. The van der Waals surface area contributed by atoms with Crippen LogP contribution in [0.4, 0.5) is 0 Å². The van der Waals surface area contributed by atoms with E-state index in [1.165, 1.54) is 32.5 Å². The number of likely N-dealkylation sites (N-methyl/N-ethyl adjacent to an activating group) is 1. The summed E-state index contributed by atoms with van der Waals surface area (Å²) >= 11 is 0. The smallest absolute Gasteiger partial charge is 0.0249 e. The number of hydrogen-bond donors (Lipinski definition) is 0. The molecule has 2 aliphatic heterocycles. The van der Waals surface area contributed by atoms with Crippen LogP contribution in [0, 0.1) is 5.92 Å². The van der Waals surface area contributed by atoms with Gasteiger partial charge < -0.3 is 4.90 Å². The van der Waals surface area contributed by atoms with Crippen molar-refractivity contribution in [3.8, 4) is 0 Å². The van der Waals surface area contributed by atoms with Crippen LogP contribution >= 0.6 is 0 Å². The molecule has 0 spiro atoms. The van der Waals surface area contributed by atoms with Crippen molar-refractivity contribution in [2.75, 3.05) is 26.7 Å². The second kappa shape index (κ2) is 3.58. The van der Waals surface area contributed by atoms with Gasteiger partial charge in [0.15, 0.2) is 0 Å². The zero-order chi connectivity index (χ0) is 9.42. The molecule has 2 atom stereocenters. The van der Waals surface area contributed by atoms with Crippen LogP contribution in [-0.4, -0.2) is 48.6 Å². The largest absolute Gasteiger partial charge is 0.302 e. The average Bonchev–Trinajstić information content (AvgIpc) is 2.47. The minimum Gasteiger partial charge on any atom is -0.302 e. The van der Waals surface area contributed by atoms with Gasteiger partial charge in [0.25, 0.3) is 0 Å². The molecule has 0 bridgehead atoms. The first kappa shape index (κ1) is 9.47. The number of nitrogens with zero attached hydrogens (tertiary/aromatic N) is 2. The number of hydrogen-bond acceptors (Lipinski definition) is 2. The molecule has 0 N–H and O–H groups in total. The number of piperidine rings is 1. The Kier molecular flexibility index (Phi) is 2.61. The molecule has 2 saturated heterocycles. The van der Waals surface area contributed by atoms with Gasteiger partial charge in [-0.3, -0.25) is 4.90 Å². The van der Waals surface area contributed by atoms with Gasteiger partial charge in [-0.25, -0.2) is 0 Å². The lowest BCUT2D eigenvalue weighted by molar-refractivity contribution is 0.0952. The Hall–Kier alpha value is -0.0800.